The van der Waals surface area contributed by atoms with Gasteiger partial charge < -0.3 is 15.0 Å². The molecule has 1 unspecified atom stereocenters. The van der Waals surface area contributed by atoms with E-state index in [1.54, 1.807) is 11.3 Å². The van der Waals surface area contributed by atoms with Crippen LogP contribution >= 0.6 is 11.3 Å². The van der Waals surface area contributed by atoms with E-state index in [-0.39, 0.29) is 12.0 Å². The van der Waals surface area contributed by atoms with Crippen molar-refractivity contribution in [2.75, 3.05) is 25.0 Å². The monoisotopic (exact) mass is 387 g/mol. The maximum Gasteiger partial charge on any atom is 0.279 e. The van der Waals surface area contributed by atoms with E-state index in [9.17, 15) is 4.79 Å². The molecule has 1 saturated heterocycles. The van der Waals surface area contributed by atoms with E-state index in [4.69, 9.17) is 4.74 Å². The van der Waals surface area contributed by atoms with E-state index in [0.29, 0.717) is 6.54 Å². The highest BCUT2D eigenvalue weighted by Crippen LogP contribution is 2.22. The number of aryl methyl sites for hydroxylation is 2. The van der Waals surface area contributed by atoms with Crippen LogP contribution < -0.4 is 10.2 Å². The molecule has 1 fully saturated rings. The summed E-state index contributed by atoms with van der Waals surface area (Å²) >= 11 is 1.76. The number of quaternary nitrogens is 1. The molecule has 5 heteroatoms. The van der Waals surface area contributed by atoms with Gasteiger partial charge in [0.25, 0.3) is 5.91 Å². The van der Waals surface area contributed by atoms with Gasteiger partial charge in [0.2, 0.25) is 0 Å². The van der Waals surface area contributed by atoms with Gasteiger partial charge in [-0.25, -0.2) is 0 Å². The molecule has 0 aliphatic carbocycles. The van der Waals surface area contributed by atoms with Gasteiger partial charge in [-0.15, -0.1) is 11.3 Å². The van der Waals surface area contributed by atoms with Crippen molar-refractivity contribution < 1.29 is 14.4 Å². The molecule has 0 spiro atoms. The Kier molecular flexibility index (Phi) is 7.44. The number of carbonyl (C=O) groups excluding carboxylic acids is 1. The van der Waals surface area contributed by atoms with E-state index in [2.05, 4.69) is 54.9 Å². The van der Waals surface area contributed by atoms with Gasteiger partial charge >= 0.3 is 0 Å². The second kappa shape index (κ2) is 10.0. The Morgan fingerprint density at radius 3 is 2.59 bits per heavy atom. The first-order chi connectivity index (χ1) is 13.2. The molecule has 2 atom stereocenters. The Balaban J connectivity index is 1.68. The molecule has 1 aliphatic rings. The normalized spacial score (nSPS) is 17.8. The van der Waals surface area contributed by atoms with Gasteiger partial charge in [0.15, 0.2) is 6.54 Å². The van der Waals surface area contributed by atoms with Crippen LogP contribution in [0.4, 0.5) is 5.69 Å². The molecule has 2 N–H and O–H groups in total. The van der Waals surface area contributed by atoms with Gasteiger partial charge in [0.1, 0.15) is 19.2 Å². The van der Waals surface area contributed by atoms with Crippen LogP contribution in [-0.2, 0) is 28.9 Å². The molecule has 0 radical (unpaired) electrons. The van der Waals surface area contributed by atoms with Crippen molar-refractivity contribution in [3.05, 3.63) is 51.7 Å². The fourth-order valence-electron chi connectivity index (χ4n) is 3.81. The smallest absolute Gasteiger partial charge is 0.279 e. The highest BCUT2D eigenvalue weighted by molar-refractivity contribution is 7.09. The maximum absolute atomic E-state index is 12.9. The molecule has 146 valence electrons. The number of ether oxygens (including phenoxy) is 1. The largest absolute Gasteiger partial charge is 0.372 e. The molecule has 1 aliphatic heterocycles. The van der Waals surface area contributed by atoms with Crippen LogP contribution in [0.3, 0.4) is 0 Å². The average Bonchev–Trinajstić information content (AvgIpc) is 3.36. The minimum absolute atomic E-state index is 0.0927. The van der Waals surface area contributed by atoms with E-state index >= 15 is 0 Å². The molecule has 0 bridgehead atoms. The summed E-state index contributed by atoms with van der Waals surface area (Å²) < 4.78 is 5.83. The van der Waals surface area contributed by atoms with Crippen molar-refractivity contribution in [1.82, 2.24) is 0 Å². The van der Waals surface area contributed by atoms with Crippen LogP contribution in [0.15, 0.2) is 35.7 Å². The second-order valence-corrected chi connectivity index (χ2v) is 8.26. The molecule has 27 heavy (non-hydrogen) atoms. The van der Waals surface area contributed by atoms with Crippen LogP contribution in [0.5, 0.6) is 0 Å². The van der Waals surface area contributed by atoms with Crippen molar-refractivity contribution in [3.8, 4) is 0 Å². The number of anilines is 1. The second-order valence-electron chi connectivity index (χ2n) is 7.23. The van der Waals surface area contributed by atoms with Crippen molar-refractivity contribution >= 4 is 22.9 Å². The fraction of sp³-hybridized carbons (Fsp3) is 0.500. The zero-order valence-electron chi connectivity index (χ0n) is 16.4. The lowest BCUT2D eigenvalue weighted by atomic mass is 10.0. The number of hydrogen-bond donors (Lipinski definition) is 2. The van der Waals surface area contributed by atoms with Gasteiger partial charge in [-0.1, -0.05) is 38.1 Å². The van der Waals surface area contributed by atoms with Crippen molar-refractivity contribution in [3.63, 3.8) is 0 Å². The Hall–Kier alpha value is -1.69. The number of rotatable bonds is 9. The summed E-state index contributed by atoms with van der Waals surface area (Å²) in [5, 5.41) is 5.32. The Morgan fingerprint density at radius 1 is 1.22 bits per heavy atom. The van der Waals surface area contributed by atoms with E-state index < -0.39 is 0 Å². The number of carbonyl (C=O) groups is 1. The third kappa shape index (κ3) is 5.64. The van der Waals surface area contributed by atoms with Crippen LogP contribution in [-0.4, -0.2) is 31.7 Å². The lowest BCUT2D eigenvalue weighted by molar-refractivity contribution is -0.908. The van der Waals surface area contributed by atoms with Crippen LogP contribution in [0.2, 0.25) is 0 Å². The number of nitrogens with one attached hydrogen (secondary N) is 2. The van der Waals surface area contributed by atoms with Crippen LogP contribution in [0, 0.1) is 0 Å². The summed E-state index contributed by atoms with van der Waals surface area (Å²) in [7, 11) is 0. The number of benzene rings is 1. The molecule has 1 aromatic carbocycles. The summed E-state index contributed by atoms with van der Waals surface area (Å²) in [5.74, 6) is 0.0927. The predicted molar refractivity (Wildman–Crippen MR) is 112 cm³/mol. The number of amides is 1. The minimum Gasteiger partial charge on any atom is -0.372 e. The quantitative estimate of drug-likeness (QED) is 0.694. The molecular formula is C22H31N2O2S+. The highest BCUT2D eigenvalue weighted by atomic mass is 32.1. The fourth-order valence-corrected chi connectivity index (χ4v) is 4.58. The molecule has 2 aromatic rings. The van der Waals surface area contributed by atoms with E-state index in [1.165, 1.54) is 20.9 Å². The van der Waals surface area contributed by atoms with E-state index in [0.717, 1.165) is 51.1 Å². The standard InChI is InChI=1S/C22H30N2O2S/c1-3-17-8-5-9-18(4-2)22(17)23-21(25)16-24(14-19-10-6-12-26-19)15-20-11-7-13-27-20/h5,7-9,11,13,19H,3-4,6,10,12,14-16H2,1-2H3,(H,23,25)/p+1/t19-/m1/s1. The molecule has 1 aromatic heterocycles. The minimum atomic E-state index is 0.0927. The Morgan fingerprint density at radius 2 is 2.00 bits per heavy atom. The topological polar surface area (TPSA) is 42.8 Å². The number of hydrogen-bond acceptors (Lipinski definition) is 3. The zero-order valence-corrected chi connectivity index (χ0v) is 17.2. The number of para-hydroxylation sites is 1. The van der Waals surface area contributed by atoms with Gasteiger partial charge in [-0.05, 0) is 48.3 Å². The summed E-state index contributed by atoms with van der Waals surface area (Å²) in [4.78, 5) is 15.5. The highest BCUT2D eigenvalue weighted by Gasteiger charge is 2.24. The molecule has 0 saturated carbocycles. The third-order valence-electron chi connectivity index (χ3n) is 5.22. The number of thiophene rings is 1. The molecular weight excluding hydrogens is 356 g/mol. The summed E-state index contributed by atoms with van der Waals surface area (Å²) in [5.41, 5.74) is 3.43. The Labute approximate surface area is 166 Å². The summed E-state index contributed by atoms with van der Waals surface area (Å²) in [6, 6.07) is 10.5. The van der Waals surface area contributed by atoms with Gasteiger partial charge in [0.05, 0.1) is 4.88 Å². The van der Waals surface area contributed by atoms with Crippen molar-refractivity contribution in [1.29, 1.82) is 0 Å². The first kappa shape index (κ1) is 20.1. The lowest BCUT2D eigenvalue weighted by Crippen LogP contribution is -3.12. The first-order valence-corrected chi connectivity index (χ1v) is 11.0. The average molecular weight is 388 g/mol. The molecule has 2 heterocycles. The molecule has 1 amide bonds. The van der Waals surface area contributed by atoms with Crippen LogP contribution in [0.1, 0.15) is 42.7 Å². The van der Waals surface area contributed by atoms with E-state index in [1.807, 2.05) is 0 Å². The van der Waals surface area contributed by atoms with Crippen LogP contribution in [0.25, 0.3) is 0 Å². The van der Waals surface area contributed by atoms with Crippen molar-refractivity contribution in [2.45, 2.75) is 52.2 Å². The maximum atomic E-state index is 12.9. The van der Waals surface area contributed by atoms with Gasteiger partial charge in [0, 0.05) is 12.3 Å². The summed E-state index contributed by atoms with van der Waals surface area (Å²) in [6.45, 7) is 7.36. The summed E-state index contributed by atoms with van der Waals surface area (Å²) in [6.07, 6.45) is 4.36. The van der Waals surface area contributed by atoms with Crippen molar-refractivity contribution in [2.24, 2.45) is 0 Å². The predicted octanol–water partition coefficient (Wildman–Crippen LogP) is 3.08. The van der Waals surface area contributed by atoms with Gasteiger partial charge in [-0.3, -0.25) is 4.79 Å². The Bertz CT molecular complexity index is 702. The molecule has 4 nitrogen and oxygen atoms in total. The third-order valence-corrected chi connectivity index (χ3v) is 6.09. The zero-order chi connectivity index (χ0) is 19.1. The van der Waals surface area contributed by atoms with Gasteiger partial charge in [-0.2, -0.15) is 0 Å². The SMILES string of the molecule is CCc1cccc(CC)c1NC(=O)C[NH+](Cc1cccs1)C[C@H]1CCCO1. The first-order valence-electron chi connectivity index (χ1n) is 10.1. The molecule has 3 rings (SSSR count). The lowest BCUT2D eigenvalue weighted by Gasteiger charge is -2.22.